The van der Waals surface area contributed by atoms with E-state index >= 15 is 0 Å². The van der Waals surface area contributed by atoms with E-state index in [0.717, 1.165) is 19.3 Å². The average Bonchev–Trinajstić information content (AvgIpc) is 2.59. The Morgan fingerprint density at radius 3 is 2.48 bits per heavy atom. The first-order chi connectivity index (χ1) is 12.3. The molecule has 1 aromatic rings. The van der Waals surface area contributed by atoms with E-state index < -0.39 is 5.51 Å². The maximum Gasteiger partial charge on any atom is 0.446 e. The Bertz CT molecular complexity index is 629. The molecule has 1 aromatic carbocycles. The lowest BCUT2D eigenvalue weighted by atomic mass is 10.0. The van der Waals surface area contributed by atoms with Crippen molar-refractivity contribution < 1.29 is 22.8 Å². The zero-order valence-corrected chi connectivity index (χ0v) is 16.3. The molecule has 0 radical (unpaired) electrons. The molecule has 27 heavy (non-hydrogen) atoms. The third kappa shape index (κ3) is 7.59. The molecule has 1 aliphatic rings. The predicted molar refractivity (Wildman–Crippen MR) is 101 cm³/mol. The number of hydrogen-bond acceptors (Lipinski definition) is 4. The Morgan fingerprint density at radius 1 is 1.22 bits per heavy atom. The number of nitrogens with zero attached hydrogens (tertiary/aromatic N) is 1. The Labute approximate surface area is 166 Å². The molecular weight excluding hydrogens is 403 g/mol. The highest BCUT2D eigenvalue weighted by Crippen LogP contribution is 2.36. The number of rotatable bonds is 6. The highest BCUT2D eigenvalue weighted by Gasteiger charge is 2.30. The second-order valence-corrected chi connectivity index (χ2v) is 7.20. The predicted octanol–water partition coefficient (Wildman–Crippen LogP) is 3.18. The summed E-state index contributed by atoms with van der Waals surface area (Å²) in [7, 11) is 0. The summed E-state index contributed by atoms with van der Waals surface area (Å²) in [6.07, 6.45) is 2.83. The van der Waals surface area contributed by atoms with E-state index in [0.29, 0.717) is 18.7 Å². The van der Waals surface area contributed by atoms with Crippen molar-refractivity contribution in [1.29, 1.82) is 0 Å². The number of thioether (sulfide) groups is 1. The summed E-state index contributed by atoms with van der Waals surface area (Å²) in [6, 6.07) is 5.30. The van der Waals surface area contributed by atoms with Crippen molar-refractivity contribution in [2.45, 2.75) is 42.1 Å². The van der Waals surface area contributed by atoms with Gasteiger partial charge in [-0.05, 0) is 55.3 Å². The van der Waals surface area contributed by atoms with Crippen LogP contribution in [0, 0.1) is 0 Å². The van der Waals surface area contributed by atoms with Gasteiger partial charge >= 0.3 is 5.51 Å². The number of nitrogens with one attached hydrogen (secondary N) is 1. The largest absolute Gasteiger partial charge is 0.446 e. The van der Waals surface area contributed by atoms with E-state index in [1.807, 2.05) is 0 Å². The monoisotopic (exact) mass is 425 g/mol. The van der Waals surface area contributed by atoms with Gasteiger partial charge in [-0.3, -0.25) is 9.59 Å². The Morgan fingerprint density at radius 2 is 1.89 bits per heavy atom. The van der Waals surface area contributed by atoms with Crippen molar-refractivity contribution in [2.75, 3.05) is 19.6 Å². The van der Waals surface area contributed by atoms with Crippen LogP contribution >= 0.6 is 24.2 Å². The summed E-state index contributed by atoms with van der Waals surface area (Å²) in [5, 5.41) is 2.78. The second kappa shape index (κ2) is 10.8. The molecule has 152 valence electrons. The fraction of sp³-hybridized carbons (Fsp3) is 0.529. The van der Waals surface area contributed by atoms with Crippen molar-refractivity contribution in [1.82, 2.24) is 10.2 Å². The van der Waals surface area contributed by atoms with E-state index in [9.17, 15) is 22.8 Å². The summed E-state index contributed by atoms with van der Waals surface area (Å²) in [6.45, 7) is 1.18. The van der Waals surface area contributed by atoms with Gasteiger partial charge in [-0.15, -0.1) is 12.4 Å². The van der Waals surface area contributed by atoms with Gasteiger partial charge in [-0.25, -0.2) is 0 Å². The number of nitrogens with two attached hydrogens (primary N) is 1. The molecule has 1 aliphatic heterocycles. The van der Waals surface area contributed by atoms with Gasteiger partial charge in [-0.2, -0.15) is 13.2 Å². The molecule has 5 nitrogen and oxygen atoms in total. The molecule has 0 aromatic heterocycles. The third-order valence-corrected chi connectivity index (χ3v) is 4.87. The summed E-state index contributed by atoms with van der Waals surface area (Å²) in [5.41, 5.74) is 1.33. The highest BCUT2D eigenvalue weighted by molar-refractivity contribution is 8.00. The maximum absolute atomic E-state index is 12.7. The molecule has 0 bridgehead atoms. The molecule has 10 heteroatoms. The van der Waals surface area contributed by atoms with Gasteiger partial charge in [0, 0.05) is 42.6 Å². The van der Waals surface area contributed by atoms with Crippen LogP contribution in [0.4, 0.5) is 13.2 Å². The number of carbonyl (C=O) groups is 2. The topological polar surface area (TPSA) is 75.4 Å². The molecule has 0 saturated carbocycles. The van der Waals surface area contributed by atoms with Crippen LogP contribution in [0.15, 0.2) is 29.2 Å². The number of halogens is 4. The summed E-state index contributed by atoms with van der Waals surface area (Å²) in [4.78, 5) is 26.1. The van der Waals surface area contributed by atoms with Gasteiger partial charge in [0.05, 0.1) is 0 Å². The van der Waals surface area contributed by atoms with Gasteiger partial charge < -0.3 is 16.0 Å². The Hall–Kier alpha value is -1.45. The molecule has 2 rings (SSSR count). The number of piperidine rings is 1. The number of alkyl halides is 3. The van der Waals surface area contributed by atoms with Crippen LogP contribution in [-0.4, -0.2) is 47.9 Å². The van der Waals surface area contributed by atoms with Gasteiger partial charge in [0.15, 0.2) is 0 Å². The molecule has 2 amide bonds. The highest BCUT2D eigenvalue weighted by atomic mass is 35.5. The fourth-order valence-corrected chi connectivity index (χ4v) is 3.44. The molecule has 1 saturated heterocycles. The minimum atomic E-state index is -4.36. The van der Waals surface area contributed by atoms with Crippen LogP contribution in [0.3, 0.4) is 0 Å². The number of amides is 2. The molecule has 3 N–H and O–H groups in total. The molecule has 1 atom stereocenters. The molecule has 0 aliphatic carbocycles. The van der Waals surface area contributed by atoms with Crippen molar-refractivity contribution in [3.8, 4) is 0 Å². The van der Waals surface area contributed by atoms with Gasteiger partial charge in [0.2, 0.25) is 5.91 Å². The van der Waals surface area contributed by atoms with Crippen molar-refractivity contribution in [3.63, 3.8) is 0 Å². The van der Waals surface area contributed by atoms with Gasteiger partial charge in [0.1, 0.15) is 0 Å². The standard InChI is InChI=1S/C17H22F3N3O2S.ClH/c18-17(19,20)26-14-6-4-12(5-7-14)16(25)23-10-2-1-3-13(23)11-22-15(24)8-9-21;/h4-7,13H,1-3,8-11,21H2,(H,22,24);1H. The smallest absolute Gasteiger partial charge is 0.354 e. The number of carbonyl (C=O) groups excluding carboxylic acids is 2. The fourth-order valence-electron chi connectivity index (χ4n) is 2.90. The third-order valence-electron chi connectivity index (χ3n) is 4.13. The number of benzene rings is 1. The van der Waals surface area contributed by atoms with E-state index in [4.69, 9.17) is 5.73 Å². The Balaban J connectivity index is 0.00000364. The normalized spacial score (nSPS) is 17.2. The zero-order chi connectivity index (χ0) is 19.2. The number of likely N-dealkylation sites (tertiary alicyclic amines) is 1. The maximum atomic E-state index is 12.7. The van der Waals surface area contributed by atoms with Crippen LogP contribution in [-0.2, 0) is 4.79 Å². The van der Waals surface area contributed by atoms with E-state index in [-0.39, 0.29) is 59.9 Å². The minimum Gasteiger partial charge on any atom is -0.354 e. The van der Waals surface area contributed by atoms with Crippen LogP contribution in [0.5, 0.6) is 0 Å². The first-order valence-corrected chi connectivity index (χ1v) is 9.25. The van der Waals surface area contributed by atoms with Crippen molar-refractivity contribution in [3.05, 3.63) is 29.8 Å². The van der Waals surface area contributed by atoms with E-state index in [1.165, 1.54) is 24.3 Å². The molecular formula is C17H23ClF3N3O2S. The first-order valence-electron chi connectivity index (χ1n) is 8.43. The van der Waals surface area contributed by atoms with Gasteiger partial charge in [-0.1, -0.05) is 0 Å². The van der Waals surface area contributed by atoms with Gasteiger partial charge in [0.25, 0.3) is 5.91 Å². The van der Waals surface area contributed by atoms with Crippen LogP contribution < -0.4 is 11.1 Å². The number of hydrogen-bond donors (Lipinski definition) is 2. The molecule has 1 unspecified atom stereocenters. The quantitative estimate of drug-likeness (QED) is 0.686. The minimum absolute atomic E-state index is 0. The lowest BCUT2D eigenvalue weighted by Gasteiger charge is -2.36. The van der Waals surface area contributed by atoms with Crippen molar-refractivity contribution in [2.24, 2.45) is 5.73 Å². The van der Waals surface area contributed by atoms with E-state index in [2.05, 4.69) is 5.32 Å². The molecule has 1 fully saturated rings. The van der Waals surface area contributed by atoms with Crippen LogP contribution in [0.2, 0.25) is 0 Å². The summed E-state index contributed by atoms with van der Waals surface area (Å²) < 4.78 is 37.2. The Kier molecular flexibility index (Phi) is 9.41. The molecule has 1 heterocycles. The molecule has 0 spiro atoms. The van der Waals surface area contributed by atoms with Crippen LogP contribution in [0.25, 0.3) is 0 Å². The average molecular weight is 426 g/mol. The lowest BCUT2D eigenvalue weighted by Crippen LogP contribution is -2.49. The zero-order valence-electron chi connectivity index (χ0n) is 14.6. The van der Waals surface area contributed by atoms with Crippen LogP contribution in [0.1, 0.15) is 36.0 Å². The first kappa shape index (κ1) is 23.6. The van der Waals surface area contributed by atoms with E-state index in [1.54, 1.807) is 4.90 Å². The summed E-state index contributed by atoms with van der Waals surface area (Å²) >= 11 is -0.209. The second-order valence-electron chi connectivity index (χ2n) is 6.06. The van der Waals surface area contributed by atoms with Crippen molar-refractivity contribution >= 4 is 36.0 Å². The SMILES string of the molecule is Cl.NCCC(=O)NCC1CCCCN1C(=O)c1ccc(SC(F)(F)F)cc1. The lowest BCUT2D eigenvalue weighted by molar-refractivity contribution is -0.121. The summed E-state index contributed by atoms with van der Waals surface area (Å²) in [5.74, 6) is -0.384.